The number of amidine groups is 1. The second-order valence-electron chi connectivity index (χ2n) is 15.1. The van der Waals surface area contributed by atoms with E-state index in [-0.39, 0.29) is 55.9 Å². The van der Waals surface area contributed by atoms with E-state index >= 15 is 0 Å². The molecule has 3 heterocycles. The van der Waals surface area contributed by atoms with Crippen molar-refractivity contribution in [3.05, 3.63) is 36.0 Å². The Labute approximate surface area is 339 Å². The molecule has 9 N–H and O–H groups in total. The Morgan fingerprint density at radius 3 is 2.35 bits per heavy atom. The number of rotatable bonds is 12. The number of benzene rings is 1. The maximum absolute atomic E-state index is 14.2. The molecule has 0 saturated carbocycles. The molecule has 314 valence electrons. The van der Waals surface area contributed by atoms with Crippen molar-refractivity contribution in [3.63, 3.8) is 0 Å². The molecule has 2 aliphatic rings. The Morgan fingerprint density at radius 2 is 1.65 bits per heavy atom. The average molecular weight is 812 g/mol. The lowest BCUT2D eigenvalue weighted by Crippen LogP contribution is -2.63. The first kappa shape index (κ1) is 45.2. The van der Waals surface area contributed by atoms with Crippen LogP contribution in [0.2, 0.25) is 0 Å². The molecule has 0 spiro atoms. The number of thioether (sulfide) groups is 1. The van der Waals surface area contributed by atoms with Gasteiger partial charge < -0.3 is 47.3 Å². The van der Waals surface area contributed by atoms with E-state index in [2.05, 4.69) is 36.6 Å². The first-order valence-corrected chi connectivity index (χ1v) is 21.3. The summed E-state index contributed by atoms with van der Waals surface area (Å²) in [6, 6.07) is 2.21. The Bertz CT molecular complexity index is 1750. The molecule has 1 aromatic heterocycles. The zero-order valence-corrected chi connectivity index (χ0v) is 34.6. The molecular weight excluding hydrogens is 751 g/mol. The standard InChI is InChI=1S/C40H61N9O7S/c1-6-23(3)34-36-44-31(20-33(52)46-36)37(53)45-29(40(56)49(5)26(22-50)11-10-16-41)14-17-57-18-15-32(51)43-30(19-25-21-42-28-13-9-8-12-27(25)28)38(54)48-35(24(4)7-2)39(55)47-34/h8-9,12-13,21,23-24,26,29-31,34-35,42,50H,6-7,10-11,14-20,22,41H2,1-5H3,(H,43,51)(H,45,53)(H,47,55)(H,48,54)(H,44,46,52)/t23-,24+,26+,29+,30-,31+,34+,35+/m1/s1. The number of fused-ring (bicyclic) bond motifs is 3. The molecule has 2 aromatic rings. The number of hydrogen-bond acceptors (Lipinski definition) is 10. The van der Waals surface area contributed by atoms with Gasteiger partial charge in [-0.3, -0.25) is 28.8 Å². The van der Waals surface area contributed by atoms with Crippen LogP contribution in [-0.2, 0) is 35.2 Å². The average Bonchev–Trinajstić information content (AvgIpc) is 3.61. The molecule has 16 nitrogen and oxygen atoms in total. The number of likely N-dealkylation sites (N-methyl/N-ethyl adjacent to an activating group) is 1. The molecule has 6 amide bonds. The van der Waals surface area contributed by atoms with Gasteiger partial charge in [-0.1, -0.05) is 58.7 Å². The molecule has 1 saturated heterocycles. The van der Waals surface area contributed by atoms with Crippen molar-refractivity contribution in [2.75, 3.05) is 31.7 Å². The molecule has 1 aromatic carbocycles. The fourth-order valence-electron chi connectivity index (χ4n) is 7.03. The number of amides is 6. The zero-order valence-electron chi connectivity index (χ0n) is 33.8. The van der Waals surface area contributed by atoms with Crippen LogP contribution in [0.15, 0.2) is 35.5 Å². The van der Waals surface area contributed by atoms with Crippen LogP contribution in [0.3, 0.4) is 0 Å². The highest BCUT2D eigenvalue weighted by molar-refractivity contribution is 7.99. The van der Waals surface area contributed by atoms with Crippen LogP contribution < -0.4 is 32.3 Å². The summed E-state index contributed by atoms with van der Waals surface area (Å²) in [7, 11) is 1.57. The number of carbonyl (C=O) groups is 6. The van der Waals surface area contributed by atoms with Gasteiger partial charge in [0.25, 0.3) is 0 Å². The summed E-state index contributed by atoms with van der Waals surface area (Å²) >= 11 is 1.41. The number of aromatic nitrogens is 1. The number of H-pyrrole nitrogens is 1. The molecule has 8 atom stereocenters. The van der Waals surface area contributed by atoms with Gasteiger partial charge in [-0.2, -0.15) is 16.8 Å². The van der Waals surface area contributed by atoms with Crippen molar-refractivity contribution in [1.29, 1.82) is 0 Å². The fraction of sp³-hybridized carbons (Fsp3) is 0.625. The number of nitrogens with one attached hydrogen (secondary N) is 6. The second-order valence-corrected chi connectivity index (χ2v) is 16.4. The topological polar surface area (TPSA) is 240 Å². The molecule has 4 rings (SSSR count). The lowest BCUT2D eigenvalue weighted by molar-refractivity contribution is -0.138. The number of aliphatic imine (C=N–C) groups is 1. The highest BCUT2D eigenvalue weighted by atomic mass is 32.2. The Balaban J connectivity index is 1.69. The van der Waals surface area contributed by atoms with Gasteiger partial charge in [-0.15, -0.1) is 0 Å². The van der Waals surface area contributed by atoms with E-state index in [1.165, 1.54) is 16.7 Å². The summed E-state index contributed by atoms with van der Waals surface area (Å²) in [5.41, 5.74) is 7.40. The van der Waals surface area contributed by atoms with Crippen molar-refractivity contribution in [3.8, 4) is 0 Å². The molecule has 2 bridgehead atoms. The maximum Gasteiger partial charge on any atom is 0.250 e. The van der Waals surface area contributed by atoms with Gasteiger partial charge in [0.15, 0.2) is 0 Å². The van der Waals surface area contributed by atoms with Gasteiger partial charge in [0.1, 0.15) is 30.0 Å². The summed E-state index contributed by atoms with van der Waals surface area (Å²) in [6.07, 6.45) is 4.16. The van der Waals surface area contributed by atoms with Gasteiger partial charge in [0.05, 0.1) is 25.1 Å². The molecule has 0 aliphatic carbocycles. The molecule has 2 aliphatic heterocycles. The molecule has 17 heteroatoms. The Kier molecular flexibility index (Phi) is 17.4. The van der Waals surface area contributed by atoms with E-state index in [0.29, 0.717) is 43.7 Å². The minimum atomic E-state index is -1.09. The summed E-state index contributed by atoms with van der Waals surface area (Å²) in [6.45, 7) is 7.67. The largest absolute Gasteiger partial charge is 0.394 e. The highest BCUT2D eigenvalue weighted by Gasteiger charge is 2.38. The van der Waals surface area contributed by atoms with Crippen molar-refractivity contribution < 1.29 is 33.9 Å². The Morgan fingerprint density at radius 1 is 0.947 bits per heavy atom. The number of aliphatic hydroxyl groups excluding tert-OH is 1. The van der Waals surface area contributed by atoms with E-state index in [1.807, 2.05) is 58.2 Å². The van der Waals surface area contributed by atoms with Gasteiger partial charge in [-0.25, -0.2) is 0 Å². The van der Waals surface area contributed by atoms with Crippen LogP contribution in [0, 0.1) is 11.8 Å². The van der Waals surface area contributed by atoms with E-state index in [4.69, 9.17) is 5.73 Å². The van der Waals surface area contributed by atoms with Gasteiger partial charge in [-0.05, 0) is 55.0 Å². The summed E-state index contributed by atoms with van der Waals surface area (Å²) in [4.78, 5) is 91.6. The van der Waals surface area contributed by atoms with E-state index < -0.39 is 65.8 Å². The lowest BCUT2D eigenvalue weighted by Gasteiger charge is -2.34. The molecular formula is C40H61N9O7S. The van der Waals surface area contributed by atoms with Crippen LogP contribution >= 0.6 is 11.8 Å². The van der Waals surface area contributed by atoms with Crippen molar-refractivity contribution in [1.82, 2.24) is 36.5 Å². The first-order chi connectivity index (χ1) is 27.3. The highest BCUT2D eigenvalue weighted by Crippen LogP contribution is 2.21. The van der Waals surface area contributed by atoms with Gasteiger partial charge in [0, 0.05) is 42.7 Å². The maximum atomic E-state index is 14.2. The van der Waals surface area contributed by atoms with E-state index in [1.54, 1.807) is 7.05 Å². The SMILES string of the molecule is CC[C@@H](C)[C@@H]1NC(=O)[C@H]([C@@H](C)CC)NC(=O)[C@@H](Cc2c[nH]c3ccccc23)NC(=O)CCSCC[C@@H](C(=O)N(C)[C@H](CO)CCCN)NC(=O)[C@@H]2CC(=O)N=C1N2. The number of carbonyl (C=O) groups excluding carboxylic acids is 6. The number of para-hydroxylation sites is 1. The third-order valence-corrected chi connectivity index (χ3v) is 12.1. The van der Waals surface area contributed by atoms with Crippen LogP contribution in [0.1, 0.15) is 78.2 Å². The zero-order chi connectivity index (χ0) is 41.6. The predicted octanol–water partition coefficient (Wildman–Crippen LogP) is 1.11. The minimum Gasteiger partial charge on any atom is -0.394 e. The van der Waals surface area contributed by atoms with Gasteiger partial charge >= 0.3 is 0 Å². The van der Waals surface area contributed by atoms with E-state index in [9.17, 15) is 33.9 Å². The van der Waals surface area contributed by atoms with Crippen LogP contribution in [0.25, 0.3) is 10.9 Å². The minimum absolute atomic E-state index is 0.0704. The number of nitrogens with zero attached hydrogens (tertiary/aromatic N) is 2. The lowest BCUT2D eigenvalue weighted by atomic mass is 9.93. The third-order valence-electron chi connectivity index (χ3n) is 11.1. The summed E-state index contributed by atoms with van der Waals surface area (Å²) < 4.78 is 0. The van der Waals surface area contributed by atoms with E-state index in [0.717, 1.165) is 16.5 Å². The molecule has 1 fully saturated rings. The quantitative estimate of drug-likeness (QED) is 0.152. The Hall–Kier alpha value is -4.48. The summed E-state index contributed by atoms with van der Waals surface area (Å²) in [5, 5.41) is 25.8. The molecule has 57 heavy (non-hydrogen) atoms. The summed E-state index contributed by atoms with van der Waals surface area (Å²) in [5.74, 6) is -2.65. The van der Waals surface area contributed by atoms with Crippen LogP contribution in [0.4, 0.5) is 0 Å². The van der Waals surface area contributed by atoms with Crippen LogP contribution in [0.5, 0.6) is 0 Å². The smallest absolute Gasteiger partial charge is 0.250 e. The van der Waals surface area contributed by atoms with Crippen molar-refractivity contribution >= 4 is 63.9 Å². The van der Waals surface area contributed by atoms with Crippen molar-refractivity contribution in [2.45, 2.75) is 115 Å². The number of aromatic amines is 1. The molecule has 0 radical (unpaired) electrons. The normalized spacial score (nSPS) is 24.8. The third kappa shape index (κ3) is 12.3. The first-order valence-electron chi connectivity index (χ1n) is 20.1. The number of hydrogen-bond donors (Lipinski definition) is 8. The number of nitrogens with two attached hydrogens (primary N) is 1. The molecule has 0 unspecified atom stereocenters. The second kappa shape index (κ2) is 21.9. The van der Waals surface area contributed by atoms with Gasteiger partial charge in [0.2, 0.25) is 35.4 Å². The predicted molar refractivity (Wildman–Crippen MR) is 221 cm³/mol. The van der Waals surface area contributed by atoms with Crippen LogP contribution in [-0.4, -0.2) is 124 Å². The van der Waals surface area contributed by atoms with Crippen molar-refractivity contribution in [2.24, 2.45) is 22.6 Å². The number of aliphatic hydroxyl groups is 1. The monoisotopic (exact) mass is 811 g/mol. The fourth-order valence-corrected chi connectivity index (χ4v) is 7.97.